The third-order valence-corrected chi connectivity index (χ3v) is 6.39. The van der Waals surface area contributed by atoms with E-state index < -0.39 is 22.7 Å². The van der Waals surface area contributed by atoms with Gasteiger partial charge in [-0.3, -0.25) is 4.57 Å². The number of halogens is 5. The normalized spacial score (nSPS) is 15.0. The summed E-state index contributed by atoms with van der Waals surface area (Å²) < 4.78 is 66.2. The maximum Gasteiger partial charge on any atom is 0.425 e. The van der Waals surface area contributed by atoms with Crippen LogP contribution < -0.4 is 10.6 Å². The van der Waals surface area contributed by atoms with Gasteiger partial charge in [0.05, 0.1) is 6.54 Å². The molecule has 0 aliphatic carbocycles. The Morgan fingerprint density at radius 1 is 1.06 bits per heavy atom. The van der Waals surface area contributed by atoms with Crippen LogP contribution in [-0.4, -0.2) is 27.6 Å². The van der Waals surface area contributed by atoms with E-state index in [4.69, 9.17) is 0 Å². The van der Waals surface area contributed by atoms with E-state index >= 15 is 0 Å². The van der Waals surface area contributed by atoms with Gasteiger partial charge in [-0.05, 0) is 29.7 Å². The van der Waals surface area contributed by atoms with Crippen molar-refractivity contribution in [3.05, 3.63) is 80.2 Å². The standard InChI is InChI=1S/C22H19F5N4OS/c1-21(23,24)16-4-2-14(3-5-16)15-8-10-30(11-9-15)19-28-13-31(20(32)29-19)12-17-6-7-18(33-17)22(25,26)27/h2-8,13H,9-12H2,1H3. The second-order valence-electron chi connectivity index (χ2n) is 7.72. The molecule has 33 heavy (non-hydrogen) atoms. The van der Waals surface area contributed by atoms with E-state index in [9.17, 15) is 26.7 Å². The van der Waals surface area contributed by atoms with Crippen LogP contribution in [0.4, 0.5) is 27.9 Å². The van der Waals surface area contributed by atoms with Crippen molar-refractivity contribution in [3.63, 3.8) is 0 Å². The molecule has 1 aromatic carbocycles. The van der Waals surface area contributed by atoms with E-state index in [2.05, 4.69) is 9.97 Å². The highest BCUT2D eigenvalue weighted by molar-refractivity contribution is 7.12. The van der Waals surface area contributed by atoms with Crippen molar-refractivity contribution in [3.8, 4) is 0 Å². The molecule has 0 fully saturated rings. The smallest absolute Gasteiger partial charge is 0.337 e. The van der Waals surface area contributed by atoms with Gasteiger partial charge in [-0.2, -0.15) is 18.2 Å². The van der Waals surface area contributed by atoms with Crippen LogP contribution in [-0.2, 0) is 18.6 Å². The zero-order chi connectivity index (χ0) is 23.8. The molecule has 0 saturated carbocycles. The quantitative estimate of drug-likeness (QED) is 0.471. The molecule has 4 rings (SSSR count). The Bertz CT molecular complexity index is 1230. The molecule has 11 heteroatoms. The fourth-order valence-corrected chi connectivity index (χ4v) is 4.36. The Balaban J connectivity index is 1.43. The number of nitrogens with zero attached hydrogens (tertiary/aromatic N) is 4. The summed E-state index contributed by atoms with van der Waals surface area (Å²) in [4.78, 5) is 22.0. The van der Waals surface area contributed by atoms with Gasteiger partial charge in [0.2, 0.25) is 5.95 Å². The maximum absolute atomic E-state index is 13.4. The number of aromatic nitrogens is 3. The molecule has 0 saturated heterocycles. The van der Waals surface area contributed by atoms with Crippen LogP contribution in [0.5, 0.6) is 0 Å². The molecular formula is C22H19F5N4OS. The molecule has 174 valence electrons. The molecular weight excluding hydrogens is 463 g/mol. The minimum atomic E-state index is -4.42. The predicted molar refractivity (Wildman–Crippen MR) is 116 cm³/mol. The Labute approximate surface area is 189 Å². The van der Waals surface area contributed by atoms with E-state index in [1.807, 2.05) is 6.08 Å². The summed E-state index contributed by atoms with van der Waals surface area (Å²) >= 11 is 0.576. The largest absolute Gasteiger partial charge is 0.425 e. The van der Waals surface area contributed by atoms with Crippen molar-refractivity contribution in [1.82, 2.24) is 14.5 Å². The van der Waals surface area contributed by atoms with Crippen LogP contribution in [0.15, 0.2) is 53.6 Å². The Morgan fingerprint density at radius 2 is 1.79 bits per heavy atom. The summed E-state index contributed by atoms with van der Waals surface area (Å²) in [5.74, 6) is -2.66. The number of benzene rings is 1. The van der Waals surface area contributed by atoms with Gasteiger partial charge in [-0.25, -0.2) is 18.6 Å². The van der Waals surface area contributed by atoms with Gasteiger partial charge in [0.1, 0.15) is 11.2 Å². The topological polar surface area (TPSA) is 51.0 Å². The molecule has 1 aliphatic rings. The van der Waals surface area contributed by atoms with Crippen molar-refractivity contribution in [2.45, 2.75) is 32.0 Å². The summed E-state index contributed by atoms with van der Waals surface area (Å²) in [5, 5.41) is 0. The van der Waals surface area contributed by atoms with E-state index in [-0.39, 0.29) is 18.1 Å². The van der Waals surface area contributed by atoms with E-state index in [0.717, 1.165) is 28.7 Å². The fraction of sp³-hybridized carbons (Fsp3) is 0.318. The van der Waals surface area contributed by atoms with Crippen molar-refractivity contribution in [1.29, 1.82) is 0 Å². The van der Waals surface area contributed by atoms with Gasteiger partial charge < -0.3 is 4.90 Å². The lowest BCUT2D eigenvalue weighted by atomic mass is 9.97. The number of rotatable bonds is 5. The first-order valence-corrected chi connectivity index (χ1v) is 10.8. The Hall–Kier alpha value is -3.08. The van der Waals surface area contributed by atoms with Gasteiger partial charge in [-0.1, -0.05) is 30.3 Å². The monoisotopic (exact) mass is 482 g/mol. The Morgan fingerprint density at radius 3 is 2.33 bits per heavy atom. The molecule has 0 radical (unpaired) electrons. The molecule has 0 atom stereocenters. The summed E-state index contributed by atoms with van der Waals surface area (Å²) in [6.07, 6.45) is -0.593. The third kappa shape index (κ3) is 5.29. The molecule has 3 heterocycles. The molecule has 0 bridgehead atoms. The molecule has 0 unspecified atom stereocenters. The highest BCUT2D eigenvalue weighted by atomic mass is 32.1. The van der Waals surface area contributed by atoms with Crippen LogP contribution in [0.2, 0.25) is 0 Å². The second-order valence-corrected chi connectivity index (χ2v) is 8.89. The number of alkyl halides is 5. The molecule has 3 aromatic rings. The maximum atomic E-state index is 13.4. The average molecular weight is 482 g/mol. The summed E-state index contributed by atoms with van der Waals surface area (Å²) in [5.41, 5.74) is 1.21. The minimum Gasteiger partial charge on any atom is -0.337 e. The summed E-state index contributed by atoms with van der Waals surface area (Å²) in [6.45, 7) is 1.77. The molecule has 0 amide bonds. The van der Waals surface area contributed by atoms with Gasteiger partial charge in [-0.15, -0.1) is 11.3 Å². The van der Waals surface area contributed by atoms with Crippen LogP contribution in [0.3, 0.4) is 0 Å². The lowest BCUT2D eigenvalue weighted by molar-refractivity contribution is -0.134. The minimum absolute atomic E-state index is 0.0449. The zero-order valence-electron chi connectivity index (χ0n) is 17.4. The second kappa shape index (κ2) is 8.69. The first kappa shape index (κ1) is 23.1. The van der Waals surface area contributed by atoms with Gasteiger partial charge in [0, 0.05) is 30.5 Å². The first-order valence-electron chi connectivity index (χ1n) is 10.0. The number of hydrogen-bond acceptors (Lipinski definition) is 5. The molecule has 0 spiro atoms. The Kier molecular flexibility index (Phi) is 6.08. The van der Waals surface area contributed by atoms with Gasteiger partial charge in [0.15, 0.2) is 0 Å². The van der Waals surface area contributed by atoms with Gasteiger partial charge in [0.25, 0.3) is 5.92 Å². The van der Waals surface area contributed by atoms with Crippen molar-refractivity contribution in [2.75, 3.05) is 18.0 Å². The highest BCUT2D eigenvalue weighted by Gasteiger charge is 2.32. The zero-order valence-corrected chi connectivity index (χ0v) is 18.3. The van der Waals surface area contributed by atoms with E-state index in [1.165, 1.54) is 24.5 Å². The number of hydrogen-bond donors (Lipinski definition) is 0. The van der Waals surface area contributed by atoms with Crippen molar-refractivity contribution < 1.29 is 22.0 Å². The van der Waals surface area contributed by atoms with E-state index in [1.54, 1.807) is 17.0 Å². The summed E-state index contributed by atoms with van der Waals surface area (Å²) in [7, 11) is 0. The van der Waals surface area contributed by atoms with Crippen molar-refractivity contribution >= 4 is 22.9 Å². The fourth-order valence-electron chi connectivity index (χ4n) is 3.48. The third-order valence-electron chi connectivity index (χ3n) is 5.28. The first-order chi connectivity index (χ1) is 15.5. The van der Waals surface area contributed by atoms with E-state index in [0.29, 0.717) is 35.7 Å². The van der Waals surface area contributed by atoms with Crippen LogP contribution in [0.25, 0.3) is 5.57 Å². The van der Waals surface area contributed by atoms with Crippen molar-refractivity contribution in [2.24, 2.45) is 0 Å². The average Bonchev–Trinajstić information content (AvgIpc) is 3.24. The van der Waals surface area contributed by atoms with Gasteiger partial charge >= 0.3 is 11.9 Å². The molecule has 2 aromatic heterocycles. The molecule has 1 aliphatic heterocycles. The number of anilines is 1. The van der Waals surface area contributed by atoms with Crippen LogP contribution in [0, 0.1) is 0 Å². The summed E-state index contributed by atoms with van der Waals surface area (Å²) in [6, 6.07) is 8.48. The van der Waals surface area contributed by atoms with Crippen LogP contribution >= 0.6 is 11.3 Å². The highest BCUT2D eigenvalue weighted by Crippen LogP contribution is 2.35. The molecule has 0 N–H and O–H groups in total. The van der Waals surface area contributed by atoms with Crippen LogP contribution in [0.1, 0.15) is 34.2 Å². The molecule has 5 nitrogen and oxygen atoms in total. The lowest BCUT2D eigenvalue weighted by Gasteiger charge is -2.26. The lowest BCUT2D eigenvalue weighted by Crippen LogP contribution is -2.33. The SMILES string of the molecule is CC(F)(F)c1ccc(C2=CCN(c3ncn(Cc4ccc(C(F)(F)F)s4)c(=O)n3)CC2)cc1. The number of thiophene rings is 1. The predicted octanol–water partition coefficient (Wildman–Crippen LogP) is 5.17.